The smallest absolute Gasteiger partial charge is 0.263 e. The highest BCUT2D eigenvalue weighted by molar-refractivity contribution is 5.94. The average molecular weight is 549 g/mol. The molecular formula is C29H33FN6O4. The molecule has 0 unspecified atom stereocenters. The SMILES string of the molecule is O=C1COc2ccc(CNC34CCC(CCc5c(F)cnc6ccc(N7CC[C@H](O)C7)nc56)(CC3)OC4)nc2N1. The van der Waals surface area contributed by atoms with Gasteiger partial charge in [0.05, 0.1) is 41.2 Å². The lowest BCUT2D eigenvalue weighted by atomic mass is 9.69. The van der Waals surface area contributed by atoms with Gasteiger partial charge in [-0.15, -0.1) is 0 Å². The van der Waals surface area contributed by atoms with E-state index in [2.05, 4.69) is 20.6 Å². The quantitative estimate of drug-likeness (QED) is 0.409. The predicted molar refractivity (Wildman–Crippen MR) is 146 cm³/mol. The van der Waals surface area contributed by atoms with E-state index in [4.69, 9.17) is 14.5 Å². The van der Waals surface area contributed by atoms with Crippen molar-refractivity contribution in [3.63, 3.8) is 0 Å². The van der Waals surface area contributed by atoms with Gasteiger partial charge in [0.25, 0.3) is 5.91 Å². The van der Waals surface area contributed by atoms with E-state index < -0.39 is 0 Å². The molecule has 3 aromatic rings. The lowest BCUT2D eigenvalue weighted by molar-refractivity contribution is -0.165. The van der Waals surface area contributed by atoms with Gasteiger partial charge < -0.3 is 30.1 Å². The van der Waals surface area contributed by atoms with E-state index in [9.17, 15) is 9.90 Å². The zero-order valence-corrected chi connectivity index (χ0v) is 22.3. The van der Waals surface area contributed by atoms with Crippen LogP contribution in [0.5, 0.6) is 5.75 Å². The number of anilines is 2. The van der Waals surface area contributed by atoms with Crippen LogP contribution in [-0.2, 0) is 22.5 Å². The number of aromatic nitrogens is 3. The van der Waals surface area contributed by atoms with Crippen LogP contribution in [0.4, 0.5) is 16.0 Å². The Kier molecular flexibility index (Phi) is 6.32. The Bertz CT molecular complexity index is 1440. The molecule has 1 amide bonds. The fourth-order valence-corrected chi connectivity index (χ4v) is 6.50. The zero-order valence-electron chi connectivity index (χ0n) is 22.3. The number of halogens is 1. The van der Waals surface area contributed by atoms with Gasteiger partial charge in [0.1, 0.15) is 11.6 Å². The summed E-state index contributed by atoms with van der Waals surface area (Å²) < 4.78 is 27.0. The number of pyridine rings is 3. The van der Waals surface area contributed by atoms with Crippen molar-refractivity contribution in [1.82, 2.24) is 20.3 Å². The second-order valence-electron chi connectivity index (χ2n) is 11.6. The van der Waals surface area contributed by atoms with Crippen molar-refractivity contribution in [3.05, 3.63) is 47.5 Å². The largest absolute Gasteiger partial charge is 0.480 e. The van der Waals surface area contributed by atoms with Gasteiger partial charge in [0.15, 0.2) is 18.2 Å². The molecule has 2 bridgehead atoms. The van der Waals surface area contributed by atoms with Gasteiger partial charge in [-0.3, -0.25) is 9.78 Å². The molecule has 11 heteroatoms. The van der Waals surface area contributed by atoms with Crippen molar-refractivity contribution in [2.45, 2.75) is 68.7 Å². The first-order valence-electron chi connectivity index (χ1n) is 14.1. The van der Waals surface area contributed by atoms with E-state index in [-0.39, 0.29) is 35.6 Å². The molecule has 0 aromatic carbocycles. The Morgan fingerprint density at radius 3 is 2.83 bits per heavy atom. The summed E-state index contributed by atoms with van der Waals surface area (Å²) in [5.74, 6) is 1.27. The van der Waals surface area contributed by atoms with Gasteiger partial charge >= 0.3 is 0 Å². The summed E-state index contributed by atoms with van der Waals surface area (Å²) in [5, 5.41) is 16.4. The van der Waals surface area contributed by atoms with Crippen molar-refractivity contribution < 1.29 is 23.8 Å². The van der Waals surface area contributed by atoms with Gasteiger partial charge in [-0.25, -0.2) is 14.4 Å². The molecule has 4 fully saturated rings. The maximum absolute atomic E-state index is 15.1. The Balaban J connectivity index is 1.01. The Morgan fingerprint density at radius 1 is 1.18 bits per heavy atom. The minimum atomic E-state index is -0.357. The highest BCUT2D eigenvalue weighted by atomic mass is 19.1. The number of nitrogens with zero attached hydrogens (tertiary/aromatic N) is 4. The van der Waals surface area contributed by atoms with Crippen LogP contribution in [0.15, 0.2) is 30.5 Å². The van der Waals surface area contributed by atoms with Crippen LogP contribution in [0.2, 0.25) is 0 Å². The maximum Gasteiger partial charge on any atom is 0.263 e. The van der Waals surface area contributed by atoms with Crippen molar-refractivity contribution in [2.75, 3.05) is 36.5 Å². The van der Waals surface area contributed by atoms with E-state index in [1.807, 2.05) is 29.2 Å². The number of hydrogen-bond donors (Lipinski definition) is 3. The number of aliphatic hydroxyl groups excluding tert-OH is 1. The first kappa shape index (κ1) is 25.6. The van der Waals surface area contributed by atoms with E-state index >= 15 is 4.39 Å². The van der Waals surface area contributed by atoms with Crippen LogP contribution in [0.3, 0.4) is 0 Å². The molecule has 8 rings (SSSR count). The summed E-state index contributed by atoms with van der Waals surface area (Å²) >= 11 is 0. The highest BCUT2D eigenvalue weighted by Crippen LogP contribution is 2.46. The fourth-order valence-electron chi connectivity index (χ4n) is 6.50. The summed E-state index contributed by atoms with van der Waals surface area (Å²) in [6, 6.07) is 7.54. The number of rotatable bonds is 7. The summed E-state index contributed by atoms with van der Waals surface area (Å²) in [6.45, 7) is 2.45. The molecule has 1 saturated carbocycles. The third-order valence-corrected chi connectivity index (χ3v) is 9.02. The van der Waals surface area contributed by atoms with Crippen molar-refractivity contribution in [3.8, 4) is 5.75 Å². The standard InChI is InChI=1S/C29H33FN6O4/c30-21-14-31-22-2-4-24(36-12-6-19(37)15-36)34-26(22)20(21)5-7-29-10-8-28(9-11-29,17-40-29)32-13-18-1-3-23-27(33-18)35-25(38)16-39-23/h1-4,14,19,32,37H,5-13,15-17H2,(H,33,35,38)/t19-,28?,29?/m0/s1. The van der Waals surface area contributed by atoms with Gasteiger partial charge in [0.2, 0.25) is 0 Å². The van der Waals surface area contributed by atoms with Gasteiger partial charge in [-0.2, -0.15) is 0 Å². The maximum atomic E-state index is 15.1. The summed E-state index contributed by atoms with van der Waals surface area (Å²) in [4.78, 5) is 27.3. The average Bonchev–Trinajstić information content (AvgIpc) is 3.42. The second-order valence-corrected chi connectivity index (χ2v) is 11.6. The zero-order chi connectivity index (χ0) is 27.3. The number of amides is 1. The Morgan fingerprint density at radius 2 is 2.05 bits per heavy atom. The summed E-state index contributed by atoms with van der Waals surface area (Å²) in [6.07, 6.45) is 6.63. The van der Waals surface area contributed by atoms with Crippen molar-refractivity contribution in [2.24, 2.45) is 0 Å². The third kappa shape index (κ3) is 4.76. The number of β-amino-alcohol motifs (C(OH)–C–C–N with tert-alkyl or cyclic N) is 1. The van der Waals surface area contributed by atoms with Crippen LogP contribution in [0.1, 0.15) is 49.8 Å². The Hall–Kier alpha value is -3.41. The molecule has 0 radical (unpaired) electrons. The van der Waals surface area contributed by atoms with E-state index in [0.29, 0.717) is 60.7 Å². The molecule has 7 heterocycles. The summed E-state index contributed by atoms with van der Waals surface area (Å²) in [7, 11) is 0. The molecule has 210 valence electrons. The predicted octanol–water partition coefficient (Wildman–Crippen LogP) is 2.87. The molecule has 5 aliphatic rings. The van der Waals surface area contributed by atoms with Crippen molar-refractivity contribution in [1.29, 1.82) is 0 Å². The van der Waals surface area contributed by atoms with E-state index in [1.54, 1.807) is 0 Å². The van der Waals surface area contributed by atoms with Gasteiger partial charge in [-0.05, 0) is 69.2 Å². The molecule has 1 aliphatic carbocycles. The molecule has 1 atom stereocenters. The number of aryl methyl sites for hydroxylation is 1. The Labute approximate surface area is 231 Å². The number of hydrogen-bond acceptors (Lipinski definition) is 9. The first-order valence-corrected chi connectivity index (χ1v) is 14.1. The minimum Gasteiger partial charge on any atom is -0.480 e. The van der Waals surface area contributed by atoms with Crippen LogP contribution in [0, 0.1) is 5.82 Å². The molecular weight excluding hydrogens is 515 g/mol. The molecule has 40 heavy (non-hydrogen) atoms. The number of ether oxygens (including phenoxy) is 2. The van der Waals surface area contributed by atoms with Crippen molar-refractivity contribution >= 4 is 28.6 Å². The molecule has 4 aliphatic heterocycles. The van der Waals surface area contributed by atoms with E-state index in [0.717, 1.165) is 50.2 Å². The first-order chi connectivity index (χ1) is 19.4. The van der Waals surface area contributed by atoms with Crippen LogP contribution in [-0.4, -0.2) is 69.5 Å². The number of nitrogens with one attached hydrogen (secondary N) is 2. The van der Waals surface area contributed by atoms with Crippen LogP contribution < -0.4 is 20.3 Å². The lowest BCUT2D eigenvalue weighted by Gasteiger charge is -2.53. The normalized spacial score (nSPS) is 27.5. The fraction of sp³-hybridized carbons (Fsp3) is 0.517. The summed E-state index contributed by atoms with van der Waals surface area (Å²) in [5.41, 5.74) is 2.29. The van der Waals surface area contributed by atoms with Gasteiger partial charge in [0, 0.05) is 30.7 Å². The third-order valence-electron chi connectivity index (χ3n) is 9.02. The highest BCUT2D eigenvalue weighted by Gasteiger charge is 2.49. The molecule has 3 aromatic heterocycles. The molecule has 3 N–H and O–H groups in total. The molecule has 3 saturated heterocycles. The topological polar surface area (TPSA) is 122 Å². The number of carbonyl (C=O) groups excluding carboxylic acids is 1. The number of fused-ring (bicyclic) bond motifs is 5. The molecule has 0 spiro atoms. The minimum absolute atomic E-state index is 0.0136. The van der Waals surface area contributed by atoms with Gasteiger partial charge in [-0.1, -0.05) is 0 Å². The molecule has 10 nitrogen and oxygen atoms in total. The van der Waals surface area contributed by atoms with E-state index in [1.165, 1.54) is 6.20 Å². The monoisotopic (exact) mass is 548 g/mol. The lowest BCUT2D eigenvalue weighted by Crippen LogP contribution is -2.61. The number of carbonyl (C=O) groups is 1. The number of aliphatic hydroxyl groups is 1. The van der Waals surface area contributed by atoms with Crippen LogP contribution in [0.25, 0.3) is 11.0 Å². The van der Waals surface area contributed by atoms with Crippen LogP contribution >= 0.6 is 0 Å². The second kappa shape index (κ2) is 9.90.